The van der Waals surface area contributed by atoms with E-state index in [1.165, 1.54) is 0 Å². The summed E-state index contributed by atoms with van der Waals surface area (Å²) >= 11 is 6.17. The van der Waals surface area contributed by atoms with Crippen LogP contribution in [0.1, 0.15) is 46.5 Å². The summed E-state index contributed by atoms with van der Waals surface area (Å²) < 4.78 is 6.11. The number of benzene rings is 1. The van der Waals surface area contributed by atoms with Gasteiger partial charge in [0.05, 0.1) is 5.02 Å². The molecule has 0 saturated carbocycles. The van der Waals surface area contributed by atoms with Gasteiger partial charge < -0.3 is 10.1 Å². The number of para-hydroxylation sites is 1. The molecule has 0 heterocycles. The fourth-order valence-corrected chi connectivity index (χ4v) is 2.39. The Hall–Kier alpha value is -0.730. The number of rotatable bonds is 9. The van der Waals surface area contributed by atoms with Crippen molar-refractivity contribution in [2.75, 3.05) is 6.54 Å². The van der Waals surface area contributed by atoms with Gasteiger partial charge in [-0.1, -0.05) is 50.9 Å². The Morgan fingerprint density at radius 3 is 2.47 bits per heavy atom. The van der Waals surface area contributed by atoms with Crippen LogP contribution < -0.4 is 10.1 Å². The average Bonchev–Trinajstić information content (AvgIpc) is 2.43. The van der Waals surface area contributed by atoms with E-state index in [9.17, 15) is 0 Å². The maximum Gasteiger partial charge on any atom is 0.138 e. The monoisotopic (exact) mass is 283 g/mol. The second-order valence-electron chi connectivity index (χ2n) is 4.84. The van der Waals surface area contributed by atoms with E-state index in [-0.39, 0.29) is 6.10 Å². The molecule has 0 aromatic heterocycles. The SMILES string of the molecule is CCCNC(CCC)C(CC)Oc1ccccc1Cl. The van der Waals surface area contributed by atoms with Crippen molar-refractivity contribution in [3.63, 3.8) is 0 Å². The lowest BCUT2D eigenvalue weighted by molar-refractivity contribution is 0.142. The lowest BCUT2D eigenvalue weighted by Crippen LogP contribution is -2.43. The van der Waals surface area contributed by atoms with Crippen molar-refractivity contribution in [3.05, 3.63) is 29.3 Å². The molecule has 0 aliphatic heterocycles. The number of hydrogen-bond donors (Lipinski definition) is 1. The van der Waals surface area contributed by atoms with Gasteiger partial charge in [0, 0.05) is 6.04 Å². The minimum absolute atomic E-state index is 0.173. The van der Waals surface area contributed by atoms with Gasteiger partial charge in [-0.15, -0.1) is 0 Å². The lowest BCUT2D eigenvalue weighted by Gasteiger charge is -2.28. The summed E-state index contributed by atoms with van der Waals surface area (Å²) in [5.74, 6) is 0.787. The molecule has 0 radical (unpaired) electrons. The molecule has 1 N–H and O–H groups in total. The molecular weight excluding hydrogens is 258 g/mol. The Labute approximate surface area is 122 Å². The fraction of sp³-hybridized carbons (Fsp3) is 0.625. The summed E-state index contributed by atoms with van der Waals surface area (Å²) in [6.07, 6.45) is 4.58. The van der Waals surface area contributed by atoms with Crippen LogP contribution in [0.5, 0.6) is 5.75 Å². The molecule has 2 unspecified atom stereocenters. The van der Waals surface area contributed by atoms with Crippen LogP contribution in [0.4, 0.5) is 0 Å². The Kier molecular flexibility index (Phi) is 7.92. The third-order valence-corrected chi connectivity index (χ3v) is 3.53. The van der Waals surface area contributed by atoms with Gasteiger partial charge in [0.15, 0.2) is 0 Å². The highest BCUT2D eigenvalue weighted by atomic mass is 35.5. The predicted molar refractivity (Wildman–Crippen MR) is 83.1 cm³/mol. The molecule has 0 bridgehead atoms. The minimum Gasteiger partial charge on any atom is -0.487 e. The topological polar surface area (TPSA) is 21.3 Å². The largest absolute Gasteiger partial charge is 0.487 e. The molecule has 108 valence electrons. The van der Waals surface area contributed by atoms with Crippen molar-refractivity contribution in [2.45, 2.75) is 58.6 Å². The van der Waals surface area contributed by atoms with Crippen molar-refractivity contribution in [2.24, 2.45) is 0 Å². The zero-order valence-electron chi connectivity index (χ0n) is 12.3. The Balaban J connectivity index is 2.70. The highest BCUT2D eigenvalue weighted by molar-refractivity contribution is 6.32. The van der Waals surface area contributed by atoms with Gasteiger partial charge in [0.25, 0.3) is 0 Å². The second-order valence-corrected chi connectivity index (χ2v) is 5.25. The Morgan fingerprint density at radius 1 is 1.16 bits per heavy atom. The van der Waals surface area contributed by atoms with Crippen LogP contribution in [-0.4, -0.2) is 18.7 Å². The van der Waals surface area contributed by atoms with Gasteiger partial charge in [0.1, 0.15) is 11.9 Å². The van der Waals surface area contributed by atoms with E-state index >= 15 is 0 Å². The zero-order valence-corrected chi connectivity index (χ0v) is 13.0. The third kappa shape index (κ3) is 5.42. The quantitative estimate of drug-likeness (QED) is 0.711. The Bertz CT molecular complexity index is 356. The smallest absolute Gasteiger partial charge is 0.138 e. The first-order valence-corrected chi connectivity index (χ1v) is 7.75. The summed E-state index contributed by atoms with van der Waals surface area (Å²) in [7, 11) is 0. The summed E-state index contributed by atoms with van der Waals surface area (Å²) in [4.78, 5) is 0. The highest BCUT2D eigenvalue weighted by Crippen LogP contribution is 2.26. The van der Waals surface area contributed by atoms with Gasteiger partial charge in [-0.3, -0.25) is 0 Å². The second kappa shape index (κ2) is 9.22. The van der Waals surface area contributed by atoms with Crippen molar-refractivity contribution >= 4 is 11.6 Å². The molecule has 19 heavy (non-hydrogen) atoms. The molecule has 0 spiro atoms. The van der Waals surface area contributed by atoms with E-state index in [2.05, 4.69) is 26.1 Å². The van der Waals surface area contributed by atoms with Gasteiger partial charge in [-0.2, -0.15) is 0 Å². The van der Waals surface area contributed by atoms with Crippen LogP contribution >= 0.6 is 11.6 Å². The molecule has 3 heteroatoms. The Morgan fingerprint density at radius 2 is 1.89 bits per heavy atom. The molecule has 0 aliphatic rings. The van der Waals surface area contributed by atoms with Crippen LogP contribution in [0, 0.1) is 0 Å². The number of ether oxygens (including phenoxy) is 1. The first-order valence-electron chi connectivity index (χ1n) is 7.37. The molecule has 2 nitrogen and oxygen atoms in total. The molecule has 1 rings (SSSR count). The maximum absolute atomic E-state index is 6.17. The molecule has 1 aromatic rings. The van der Waals surface area contributed by atoms with E-state index in [0.29, 0.717) is 11.1 Å². The normalized spacial score (nSPS) is 14.1. The first kappa shape index (κ1) is 16.3. The first-order chi connectivity index (χ1) is 9.22. The minimum atomic E-state index is 0.173. The predicted octanol–water partition coefficient (Wildman–Crippen LogP) is 4.67. The average molecular weight is 284 g/mol. The lowest BCUT2D eigenvalue weighted by atomic mass is 10.0. The summed E-state index contributed by atoms with van der Waals surface area (Å²) in [6.45, 7) is 7.60. The van der Waals surface area contributed by atoms with Crippen LogP contribution in [0.15, 0.2) is 24.3 Å². The zero-order chi connectivity index (χ0) is 14.1. The van der Waals surface area contributed by atoms with Crippen LogP contribution in [0.3, 0.4) is 0 Å². The number of nitrogens with one attached hydrogen (secondary N) is 1. The molecule has 2 atom stereocenters. The van der Waals surface area contributed by atoms with E-state index in [1.54, 1.807) is 0 Å². The number of hydrogen-bond acceptors (Lipinski definition) is 2. The third-order valence-electron chi connectivity index (χ3n) is 3.22. The van der Waals surface area contributed by atoms with Crippen molar-refractivity contribution in [1.82, 2.24) is 5.32 Å². The van der Waals surface area contributed by atoms with Gasteiger partial charge in [-0.25, -0.2) is 0 Å². The van der Waals surface area contributed by atoms with Crippen molar-refractivity contribution in [3.8, 4) is 5.75 Å². The van der Waals surface area contributed by atoms with Gasteiger partial charge in [0.2, 0.25) is 0 Å². The van der Waals surface area contributed by atoms with Crippen LogP contribution in [0.25, 0.3) is 0 Å². The van der Waals surface area contributed by atoms with E-state index in [4.69, 9.17) is 16.3 Å². The maximum atomic E-state index is 6.17. The molecule has 1 aromatic carbocycles. The number of halogens is 1. The molecule has 0 saturated heterocycles. The highest BCUT2D eigenvalue weighted by Gasteiger charge is 2.21. The molecular formula is C16H26ClNO. The standard InChI is InChI=1S/C16H26ClNO/c1-4-9-14(18-12-5-2)15(6-3)19-16-11-8-7-10-13(16)17/h7-8,10-11,14-15,18H,4-6,9,12H2,1-3H3. The molecule has 0 amide bonds. The van der Waals surface area contributed by atoms with Crippen molar-refractivity contribution in [1.29, 1.82) is 0 Å². The summed E-state index contributed by atoms with van der Waals surface area (Å²) in [6, 6.07) is 8.09. The summed E-state index contributed by atoms with van der Waals surface area (Å²) in [5, 5.41) is 4.28. The van der Waals surface area contributed by atoms with Crippen LogP contribution in [-0.2, 0) is 0 Å². The van der Waals surface area contributed by atoms with E-state index in [1.807, 2.05) is 24.3 Å². The van der Waals surface area contributed by atoms with E-state index < -0.39 is 0 Å². The molecule has 0 fully saturated rings. The van der Waals surface area contributed by atoms with E-state index in [0.717, 1.165) is 38.0 Å². The van der Waals surface area contributed by atoms with Gasteiger partial charge in [-0.05, 0) is 37.9 Å². The fourth-order valence-electron chi connectivity index (χ4n) is 2.21. The van der Waals surface area contributed by atoms with Gasteiger partial charge >= 0.3 is 0 Å². The van der Waals surface area contributed by atoms with Crippen LogP contribution in [0.2, 0.25) is 5.02 Å². The molecule has 0 aliphatic carbocycles. The van der Waals surface area contributed by atoms with Crippen molar-refractivity contribution < 1.29 is 4.74 Å². The summed E-state index contributed by atoms with van der Waals surface area (Å²) in [5.41, 5.74) is 0.